The molecule has 0 heterocycles. The van der Waals surface area contributed by atoms with E-state index in [1.807, 2.05) is 13.8 Å². The van der Waals surface area contributed by atoms with Crippen LogP contribution in [0.1, 0.15) is 47.0 Å². The minimum absolute atomic E-state index is 0.0659. The summed E-state index contributed by atoms with van der Waals surface area (Å²) in [6.45, 7) is 12.7. The maximum absolute atomic E-state index is 11.2. The number of ether oxygens (including phenoxy) is 3. The number of carbonyl (C=O) groups excluding carboxylic acids is 1. The summed E-state index contributed by atoms with van der Waals surface area (Å²) < 4.78 is 16.2. The third kappa shape index (κ3) is 10.7. The first kappa shape index (κ1) is 18.1. The van der Waals surface area contributed by atoms with Crippen LogP contribution in [0, 0.1) is 0 Å². The third-order valence-corrected chi connectivity index (χ3v) is 2.56. The van der Waals surface area contributed by atoms with Crippen molar-refractivity contribution in [3.8, 4) is 0 Å². The highest BCUT2D eigenvalue weighted by Gasteiger charge is 2.10. The molecule has 0 aromatic heterocycles. The molecule has 4 heteroatoms. The minimum atomic E-state index is -0.376. The molecule has 0 fully saturated rings. The van der Waals surface area contributed by atoms with Crippen molar-refractivity contribution in [1.29, 1.82) is 0 Å². The summed E-state index contributed by atoms with van der Waals surface area (Å²) >= 11 is 0. The van der Waals surface area contributed by atoms with E-state index in [-0.39, 0.29) is 24.8 Å². The van der Waals surface area contributed by atoms with Gasteiger partial charge in [0.25, 0.3) is 0 Å². The fourth-order valence-corrected chi connectivity index (χ4v) is 1.35. The lowest BCUT2D eigenvalue weighted by Gasteiger charge is -2.17. The first-order valence-corrected chi connectivity index (χ1v) is 7.03. The van der Waals surface area contributed by atoms with Crippen LogP contribution in [0.4, 0.5) is 0 Å². The van der Waals surface area contributed by atoms with Gasteiger partial charge in [0.15, 0.2) is 0 Å². The van der Waals surface area contributed by atoms with Crippen LogP contribution in [0.25, 0.3) is 0 Å². The second-order valence-electron chi connectivity index (χ2n) is 4.91. The van der Waals surface area contributed by atoms with Gasteiger partial charge in [0.2, 0.25) is 0 Å². The average molecular weight is 272 g/mol. The monoisotopic (exact) mass is 272 g/mol. The Labute approximate surface area is 117 Å². The van der Waals surface area contributed by atoms with Gasteiger partial charge in [-0.3, -0.25) is 0 Å². The predicted octanol–water partition coefficient (Wildman–Crippen LogP) is 3.11. The Balaban J connectivity index is 3.57. The van der Waals surface area contributed by atoms with Gasteiger partial charge in [-0.15, -0.1) is 0 Å². The van der Waals surface area contributed by atoms with Crippen molar-refractivity contribution >= 4 is 5.97 Å². The van der Waals surface area contributed by atoms with Crippen LogP contribution < -0.4 is 0 Å². The Morgan fingerprint density at radius 2 is 1.74 bits per heavy atom. The fourth-order valence-electron chi connectivity index (χ4n) is 1.35. The molecule has 0 aliphatic heterocycles. The number of carbonyl (C=O) groups is 1. The van der Waals surface area contributed by atoms with E-state index in [1.54, 1.807) is 6.92 Å². The zero-order valence-corrected chi connectivity index (χ0v) is 12.7. The van der Waals surface area contributed by atoms with E-state index in [2.05, 4.69) is 13.5 Å². The fraction of sp³-hybridized carbons (Fsp3) is 0.800. The SMILES string of the molecule is C=C(C)C(=O)OCC(C)OCC(C)OCCCCC. The highest BCUT2D eigenvalue weighted by Crippen LogP contribution is 2.02. The maximum atomic E-state index is 11.2. The molecule has 0 spiro atoms. The molecule has 0 saturated carbocycles. The Bertz CT molecular complexity index is 263. The van der Waals surface area contributed by atoms with E-state index < -0.39 is 0 Å². The van der Waals surface area contributed by atoms with Gasteiger partial charge < -0.3 is 14.2 Å². The highest BCUT2D eigenvalue weighted by atomic mass is 16.6. The predicted molar refractivity (Wildman–Crippen MR) is 76.1 cm³/mol. The summed E-state index contributed by atoms with van der Waals surface area (Å²) in [7, 11) is 0. The lowest BCUT2D eigenvalue weighted by Crippen LogP contribution is -2.25. The topological polar surface area (TPSA) is 44.8 Å². The lowest BCUT2D eigenvalue weighted by atomic mass is 10.3. The zero-order chi connectivity index (χ0) is 14.7. The number of hydrogen-bond acceptors (Lipinski definition) is 4. The van der Waals surface area contributed by atoms with Gasteiger partial charge in [-0.05, 0) is 27.2 Å². The largest absolute Gasteiger partial charge is 0.460 e. The molecule has 0 radical (unpaired) electrons. The molecule has 0 rings (SSSR count). The van der Waals surface area contributed by atoms with Gasteiger partial charge in [-0.2, -0.15) is 0 Å². The standard InChI is InChI=1S/C15H28O4/c1-6-7-8-9-17-13(4)10-18-14(5)11-19-15(16)12(2)3/h13-14H,2,6-11H2,1,3-5H3. The minimum Gasteiger partial charge on any atom is -0.460 e. The summed E-state index contributed by atoms with van der Waals surface area (Å²) in [5.41, 5.74) is 0.403. The Morgan fingerprint density at radius 3 is 2.32 bits per heavy atom. The number of unbranched alkanes of at least 4 members (excludes halogenated alkanes) is 2. The normalized spacial score (nSPS) is 13.9. The van der Waals surface area contributed by atoms with Gasteiger partial charge in [0, 0.05) is 12.2 Å². The smallest absolute Gasteiger partial charge is 0.333 e. The molecule has 19 heavy (non-hydrogen) atoms. The zero-order valence-electron chi connectivity index (χ0n) is 12.7. The van der Waals surface area contributed by atoms with E-state index in [9.17, 15) is 4.79 Å². The first-order chi connectivity index (χ1) is 8.97. The molecule has 0 amide bonds. The Hall–Kier alpha value is -0.870. The quantitative estimate of drug-likeness (QED) is 0.329. The molecule has 2 unspecified atom stereocenters. The van der Waals surface area contributed by atoms with Crippen molar-refractivity contribution in [3.05, 3.63) is 12.2 Å². The van der Waals surface area contributed by atoms with Crippen molar-refractivity contribution in [1.82, 2.24) is 0 Å². The lowest BCUT2D eigenvalue weighted by molar-refractivity contribution is -0.143. The third-order valence-electron chi connectivity index (χ3n) is 2.56. The Morgan fingerprint density at radius 1 is 1.11 bits per heavy atom. The molecule has 0 aromatic carbocycles. The van der Waals surface area contributed by atoms with Crippen molar-refractivity contribution < 1.29 is 19.0 Å². The summed E-state index contributed by atoms with van der Waals surface area (Å²) in [6, 6.07) is 0. The van der Waals surface area contributed by atoms with Crippen LogP contribution in [0.5, 0.6) is 0 Å². The van der Waals surface area contributed by atoms with Gasteiger partial charge in [-0.1, -0.05) is 26.3 Å². The summed E-state index contributed by atoms with van der Waals surface area (Å²) in [4.78, 5) is 11.2. The maximum Gasteiger partial charge on any atom is 0.333 e. The molecule has 0 aromatic rings. The molecule has 0 bridgehead atoms. The molecule has 112 valence electrons. The highest BCUT2D eigenvalue weighted by molar-refractivity contribution is 5.86. The molecule has 0 aliphatic carbocycles. The second kappa shape index (κ2) is 11.0. The summed E-state index contributed by atoms with van der Waals surface area (Å²) in [6.07, 6.45) is 3.41. The van der Waals surface area contributed by atoms with Gasteiger partial charge in [0.05, 0.1) is 18.8 Å². The van der Waals surface area contributed by atoms with Crippen LogP contribution in [-0.2, 0) is 19.0 Å². The molecule has 2 atom stereocenters. The molecule has 0 saturated heterocycles. The van der Waals surface area contributed by atoms with E-state index >= 15 is 0 Å². The van der Waals surface area contributed by atoms with Gasteiger partial charge in [0.1, 0.15) is 6.61 Å². The summed E-state index contributed by atoms with van der Waals surface area (Å²) in [5.74, 6) is -0.376. The molecule has 0 N–H and O–H groups in total. The molecular weight excluding hydrogens is 244 g/mol. The van der Waals surface area contributed by atoms with Crippen molar-refractivity contribution in [2.75, 3.05) is 19.8 Å². The van der Waals surface area contributed by atoms with Gasteiger partial charge in [-0.25, -0.2) is 4.79 Å². The first-order valence-electron chi connectivity index (χ1n) is 7.03. The Kier molecular flexibility index (Phi) is 10.5. The van der Waals surface area contributed by atoms with Crippen molar-refractivity contribution in [3.63, 3.8) is 0 Å². The average Bonchev–Trinajstić information content (AvgIpc) is 2.38. The van der Waals surface area contributed by atoms with Crippen LogP contribution in [0.15, 0.2) is 12.2 Å². The van der Waals surface area contributed by atoms with E-state index in [0.29, 0.717) is 12.2 Å². The second-order valence-corrected chi connectivity index (χ2v) is 4.91. The van der Waals surface area contributed by atoms with Crippen LogP contribution in [0.3, 0.4) is 0 Å². The van der Waals surface area contributed by atoms with E-state index in [1.165, 1.54) is 12.8 Å². The van der Waals surface area contributed by atoms with E-state index in [0.717, 1.165) is 13.0 Å². The van der Waals surface area contributed by atoms with Crippen LogP contribution >= 0.6 is 0 Å². The summed E-state index contributed by atoms with van der Waals surface area (Å²) in [5, 5.41) is 0. The number of hydrogen-bond donors (Lipinski definition) is 0. The van der Waals surface area contributed by atoms with Crippen LogP contribution in [-0.4, -0.2) is 38.0 Å². The van der Waals surface area contributed by atoms with Crippen molar-refractivity contribution in [2.24, 2.45) is 0 Å². The number of rotatable bonds is 11. The molecular formula is C15H28O4. The molecule has 4 nitrogen and oxygen atoms in total. The van der Waals surface area contributed by atoms with Crippen molar-refractivity contribution in [2.45, 2.75) is 59.2 Å². The molecule has 0 aliphatic rings. The number of esters is 1. The van der Waals surface area contributed by atoms with Gasteiger partial charge >= 0.3 is 5.97 Å². The van der Waals surface area contributed by atoms with E-state index in [4.69, 9.17) is 14.2 Å². The van der Waals surface area contributed by atoms with Crippen LogP contribution in [0.2, 0.25) is 0 Å².